The Morgan fingerprint density at radius 1 is 0.913 bits per heavy atom. The van der Waals surface area contributed by atoms with E-state index in [1.165, 1.54) is 4.90 Å². The minimum Gasteiger partial charge on any atom is -0.396 e. The van der Waals surface area contributed by atoms with Gasteiger partial charge in [-0.05, 0) is 18.6 Å². The molecule has 0 unspecified atom stereocenters. The van der Waals surface area contributed by atoms with Crippen molar-refractivity contribution >= 4 is 11.8 Å². The number of hydrogen-bond acceptors (Lipinski definition) is 3. The molecule has 0 radical (unpaired) electrons. The van der Waals surface area contributed by atoms with E-state index in [0.717, 1.165) is 5.56 Å². The molecule has 1 atom stereocenters. The molecule has 0 saturated heterocycles. The van der Waals surface area contributed by atoms with Crippen LogP contribution < -0.4 is 0 Å². The van der Waals surface area contributed by atoms with Crippen molar-refractivity contribution in [3.05, 3.63) is 77.7 Å². The number of amides is 2. The molecular weight excluding hydrogens is 385 g/mol. The number of fused-ring (bicyclic) bond motifs is 1. The molecule has 0 fully saturated rings. The minimum atomic E-state index is -0.459. The van der Waals surface area contributed by atoms with Crippen molar-refractivity contribution in [1.82, 2.24) is 4.90 Å². The average molecular weight is 401 g/mol. The van der Waals surface area contributed by atoms with Gasteiger partial charge in [0.2, 0.25) is 0 Å². The zero-order chi connectivity index (χ0) is 15.5. The molecule has 2 aromatic rings. The summed E-state index contributed by atoms with van der Waals surface area (Å²) in [6.07, 6.45) is 2.16. The molecule has 1 N–H and O–H groups in total. The number of rotatable bonds is 5. The van der Waals surface area contributed by atoms with Crippen LogP contribution in [0.4, 0.5) is 0 Å². The van der Waals surface area contributed by atoms with Crippen LogP contribution in [0.1, 0.15) is 32.7 Å². The monoisotopic (exact) mass is 400 g/mol. The summed E-state index contributed by atoms with van der Waals surface area (Å²) in [7, 11) is 0. The van der Waals surface area contributed by atoms with Crippen molar-refractivity contribution < 1.29 is 35.1 Å². The second-order valence-corrected chi connectivity index (χ2v) is 5.18. The van der Waals surface area contributed by atoms with Crippen LogP contribution in [0.15, 0.2) is 54.6 Å². The molecule has 0 bridgehead atoms. The van der Waals surface area contributed by atoms with Gasteiger partial charge in [-0.3, -0.25) is 14.5 Å². The normalized spacial score (nSPS) is 14.2. The Labute approximate surface area is 148 Å². The molecule has 1 aliphatic heterocycles. The Morgan fingerprint density at radius 2 is 1.43 bits per heavy atom. The predicted molar refractivity (Wildman–Crippen MR) is 82.3 cm³/mol. The fourth-order valence-electron chi connectivity index (χ4n) is 2.71. The second kappa shape index (κ2) is 7.56. The number of carbonyl (C=O) groups is 2. The fourth-order valence-corrected chi connectivity index (χ4v) is 2.71. The molecule has 3 rings (SSSR count). The zero-order valence-corrected chi connectivity index (χ0v) is 13.8. The molecule has 122 valence electrons. The summed E-state index contributed by atoms with van der Waals surface area (Å²) < 4.78 is 0. The van der Waals surface area contributed by atoms with Crippen LogP contribution in [0.2, 0.25) is 0 Å². The number of benzene rings is 2. The SMILES string of the molecule is O=C1c2ccccc2C(=O)N1[C@@H]([CH-]c1ccccc1)CCO.[Pd]. The van der Waals surface area contributed by atoms with Crippen molar-refractivity contribution in [1.29, 1.82) is 0 Å². The van der Waals surface area contributed by atoms with Gasteiger partial charge in [0, 0.05) is 33.1 Å². The standard InChI is InChI=1S/C18H16NO3.Pd/c20-11-10-14(12-13-6-2-1-3-7-13)19-17(21)15-8-4-5-9-16(15)18(19)22;/h1-9,12,14,20H,10-11H2;/q-1;/t14-;/m1./s1. The van der Waals surface area contributed by atoms with E-state index in [9.17, 15) is 14.7 Å². The van der Waals surface area contributed by atoms with Gasteiger partial charge in [-0.15, -0.1) is 12.1 Å². The minimum absolute atomic E-state index is 0. The van der Waals surface area contributed by atoms with Gasteiger partial charge in [-0.25, -0.2) is 0 Å². The number of imide groups is 1. The van der Waals surface area contributed by atoms with Gasteiger partial charge in [0.05, 0.1) is 11.1 Å². The molecule has 0 spiro atoms. The first-order chi connectivity index (χ1) is 10.7. The van der Waals surface area contributed by atoms with Crippen LogP contribution in [0.5, 0.6) is 0 Å². The van der Waals surface area contributed by atoms with Gasteiger partial charge < -0.3 is 5.11 Å². The van der Waals surface area contributed by atoms with Gasteiger partial charge in [-0.1, -0.05) is 18.2 Å². The Bertz CT molecular complexity index is 667. The van der Waals surface area contributed by atoms with Crippen LogP contribution in [0.3, 0.4) is 0 Å². The van der Waals surface area contributed by atoms with E-state index < -0.39 is 6.04 Å². The topological polar surface area (TPSA) is 57.6 Å². The average Bonchev–Trinajstić information content (AvgIpc) is 2.80. The molecule has 2 aromatic carbocycles. The number of aliphatic hydroxyl groups is 1. The van der Waals surface area contributed by atoms with Crippen LogP contribution in [-0.4, -0.2) is 34.5 Å². The van der Waals surface area contributed by atoms with Gasteiger partial charge in [-0.2, -0.15) is 24.1 Å². The summed E-state index contributed by atoms with van der Waals surface area (Å²) in [4.78, 5) is 26.3. The third kappa shape index (κ3) is 3.38. The molecule has 5 heteroatoms. The van der Waals surface area contributed by atoms with Gasteiger partial charge in [0.25, 0.3) is 11.8 Å². The summed E-state index contributed by atoms with van der Waals surface area (Å²) in [6, 6.07) is 15.9. The van der Waals surface area contributed by atoms with Gasteiger partial charge in [0.1, 0.15) is 0 Å². The molecule has 23 heavy (non-hydrogen) atoms. The smallest absolute Gasteiger partial charge is 0.261 e. The molecular formula is C18H16NO3Pd-. The Morgan fingerprint density at radius 3 is 1.96 bits per heavy atom. The maximum absolute atomic E-state index is 12.5. The fraction of sp³-hybridized carbons (Fsp3) is 0.167. The maximum atomic E-state index is 12.5. The van der Waals surface area contributed by atoms with Crippen molar-refractivity contribution in [2.24, 2.45) is 0 Å². The van der Waals surface area contributed by atoms with Crippen LogP contribution in [-0.2, 0) is 20.4 Å². The zero-order valence-electron chi connectivity index (χ0n) is 12.3. The van der Waals surface area contributed by atoms with Crippen molar-refractivity contribution in [2.45, 2.75) is 12.5 Å². The number of hydrogen-bond donors (Lipinski definition) is 1. The first-order valence-corrected chi connectivity index (χ1v) is 7.20. The Hall–Kier alpha value is -1.93. The third-order valence-electron chi connectivity index (χ3n) is 3.77. The predicted octanol–water partition coefficient (Wildman–Crippen LogP) is 2.28. The summed E-state index contributed by atoms with van der Waals surface area (Å²) in [5, 5.41) is 9.30. The number of nitrogens with zero attached hydrogens (tertiary/aromatic N) is 1. The van der Waals surface area contributed by atoms with E-state index in [2.05, 4.69) is 0 Å². The summed E-state index contributed by atoms with van der Waals surface area (Å²) in [5.41, 5.74) is 1.77. The summed E-state index contributed by atoms with van der Waals surface area (Å²) in [6.45, 7) is -0.0958. The third-order valence-corrected chi connectivity index (χ3v) is 3.77. The molecule has 4 nitrogen and oxygen atoms in total. The Kier molecular flexibility index (Phi) is 5.73. The molecule has 0 aromatic heterocycles. The summed E-state index contributed by atoms with van der Waals surface area (Å²) in [5.74, 6) is -0.600. The number of aliphatic hydroxyl groups excluding tert-OH is 1. The molecule has 1 heterocycles. The molecule has 2 amide bonds. The molecule has 1 aliphatic rings. The van der Waals surface area contributed by atoms with Crippen molar-refractivity contribution in [3.8, 4) is 0 Å². The molecule has 0 saturated carbocycles. The van der Waals surface area contributed by atoms with E-state index >= 15 is 0 Å². The first kappa shape index (κ1) is 17.4. The quantitative estimate of drug-likeness (QED) is 0.476. The van der Waals surface area contributed by atoms with Crippen LogP contribution >= 0.6 is 0 Å². The van der Waals surface area contributed by atoms with Crippen LogP contribution in [0.25, 0.3) is 0 Å². The van der Waals surface area contributed by atoms with E-state index in [-0.39, 0.29) is 38.8 Å². The van der Waals surface area contributed by atoms with Gasteiger partial charge >= 0.3 is 0 Å². The van der Waals surface area contributed by atoms with Crippen molar-refractivity contribution in [3.63, 3.8) is 0 Å². The van der Waals surface area contributed by atoms with Crippen LogP contribution in [0, 0.1) is 6.42 Å². The number of carbonyl (C=O) groups excluding carboxylic acids is 2. The van der Waals surface area contributed by atoms with E-state index in [1.54, 1.807) is 24.3 Å². The Balaban J connectivity index is 0.00000192. The largest absolute Gasteiger partial charge is 0.396 e. The van der Waals surface area contributed by atoms with E-state index in [1.807, 2.05) is 36.8 Å². The maximum Gasteiger partial charge on any atom is 0.261 e. The first-order valence-electron chi connectivity index (χ1n) is 7.20. The summed E-state index contributed by atoms with van der Waals surface area (Å²) >= 11 is 0. The van der Waals surface area contributed by atoms with E-state index in [0.29, 0.717) is 17.5 Å². The van der Waals surface area contributed by atoms with E-state index in [4.69, 9.17) is 0 Å². The van der Waals surface area contributed by atoms with Gasteiger partial charge in [0.15, 0.2) is 0 Å². The van der Waals surface area contributed by atoms with Crippen molar-refractivity contribution in [2.75, 3.05) is 6.61 Å². The second-order valence-electron chi connectivity index (χ2n) is 5.18. The molecule has 0 aliphatic carbocycles.